The Morgan fingerprint density at radius 1 is 1.19 bits per heavy atom. The van der Waals surface area contributed by atoms with Crippen molar-refractivity contribution < 1.29 is 19.7 Å². The van der Waals surface area contributed by atoms with Crippen molar-refractivity contribution in [3.8, 4) is 5.75 Å². The molecule has 0 bridgehead atoms. The summed E-state index contributed by atoms with van der Waals surface area (Å²) in [6, 6.07) is 10.3. The van der Waals surface area contributed by atoms with Crippen molar-refractivity contribution in [3.63, 3.8) is 0 Å². The van der Waals surface area contributed by atoms with Crippen molar-refractivity contribution in [2.75, 3.05) is 26.7 Å². The summed E-state index contributed by atoms with van der Waals surface area (Å²) in [6.45, 7) is 2.66. The minimum Gasteiger partial charge on any atom is -0.497 e. The van der Waals surface area contributed by atoms with Crippen LogP contribution in [0.5, 0.6) is 5.75 Å². The first kappa shape index (κ1) is 24.2. The Kier molecular flexibility index (Phi) is 9.31. The fourth-order valence-electron chi connectivity index (χ4n) is 3.88. The minimum atomic E-state index is -0.804. The van der Waals surface area contributed by atoms with Crippen molar-refractivity contribution >= 4 is 28.7 Å². The van der Waals surface area contributed by atoms with Gasteiger partial charge in [0.2, 0.25) is 0 Å². The molecular weight excluding hydrogens is 436 g/mol. The van der Waals surface area contributed by atoms with E-state index in [1.165, 1.54) is 11.3 Å². The highest BCUT2D eigenvalue weighted by atomic mass is 35.5. The number of ether oxygens (including phenoxy) is 1. The lowest BCUT2D eigenvalue weighted by Gasteiger charge is -2.30. The van der Waals surface area contributed by atoms with Crippen LogP contribution in [0.1, 0.15) is 53.4 Å². The van der Waals surface area contributed by atoms with Gasteiger partial charge >= 0.3 is 0 Å². The standard InChI is InChI=1S/C23H31ClN2O4S/c1-30-17-9-7-16(8-10-17)19(27)5-4-6-22(28)25-18(15-26-13-2-3-14-26)23(29)20-11-12-21(24)31-20/h7-12,18,22-23,25,28-29H,2-6,13-15H2,1H3. The van der Waals surface area contributed by atoms with Crippen LogP contribution in [-0.4, -0.2) is 59.9 Å². The van der Waals surface area contributed by atoms with Gasteiger partial charge < -0.3 is 19.8 Å². The van der Waals surface area contributed by atoms with E-state index in [2.05, 4.69) is 10.2 Å². The average molecular weight is 467 g/mol. The zero-order valence-electron chi connectivity index (χ0n) is 17.8. The van der Waals surface area contributed by atoms with E-state index in [9.17, 15) is 15.0 Å². The van der Waals surface area contributed by atoms with E-state index >= 15 is 0 Å². The topological polar surface area (TPSA) is 82.0 Å². The molecule has 170 valence electrons. The van der Waals surface area contributed by atoms with Crippen LogP contribution in [0, 0.1) is 0 Å². The molecule has 1 saturated heterocycles. The van der Waals surface area contributed by atoms with Crippen LogP contribution in [0.2, 0.25) is 4.34 Å². The summed E-state index contributed by atoms with van der Waals surface area (Å²) in [5.74, 6) is 0.752. The van der Waals surface area contributed by atoms with Crippen molar-refractivity contribution in [3.05, 3.63) is 51.2 Å². The van der Waals surface area contributed by atoms with Crippen LogP contribution in [0.15, 0.2) is 36.4 Å². The molecule has 6 nitrogen and oxygen atoms in total. The summed E-state index contributed by atoms with van der Waals surface area (Å²) < 4.78 is 5.75. The van der Waals surface area contributed by atoms with Gasteiger partial charge in [-0.15, -0.1) is 11.3 Å². The molecule has 1 aromatic heterocycles. The number of benzene rings is 1. The smallest absolute Gasteiger partial charge is 0.162 e. The lowest BCUT2D eigenvalue weighted by molar-refractivity contribution is 0.0478. The van der Waals surface area contributed by atoms with Crippen molar-refractivity contribution in [1.29, 1.82) is 0 Å². The largest absolute Gasteiger partial charge is 0.497 e. The van der Waals surface area contributed by atoms with E-state index in [1.807, 2.05) is 6.07 Å². The van der Waals surface area contributed by atoms with Gasteiger partial charge in [-0.05, 0) is 75.2 Å². The maximum atomic E-state index is 12.4. The Bertz CT molecular complexity index is 823. The number of thiophene rings is 1. The average Bonchev–Trinajstić information content (AvgIpc) is 3.44. The zero-order valence-corrected chi connectivity index (χ0v) is 19.4. The molecular formula is C23H31ClN2O4S. The highest BCUT2D eigenvalue weighted by Gasteiger charge is 2.27. The van der Waals surface area contributed by atoms with E-state index in [-0.39, 0.29) is 11.8 Å². The number of rotatable bonds is 12. The maximum Gasteiger partial charge on any atom is 0.162 e. The fraction of sp³-hybridized carbons (Fsp3) is 0.522. The monoisotopic (exact) mass is 466 g/mol. The van der Waals surface area contributed by atoms with Crippen LogP contribution in [0.25, 0.3) is 0 Å². The Morgan fingerprint density at radius 2 is 1.90 bits per heavy atom. The number of nitrogens with zero attached hydrogens (tertiary/aromatic N) is 1. The van der Waals surface area contributed by atoms with Gasteiger partial charge in [-0.2, -0.15) is 0 Å². The summed E-state index contributed by atoms with van der Waals surface area (Å²) >= 11 is 7.39. The van der Waals surface area contributed by atoms with E-state index in [1.54, 1.807) is 37.4 Å². The third-order valence-electron chi connectivity index (χ3n) is 5.62. The van der Waals surface area contributed by atoms with Crippen molar-refractivity contribution in [2.45, 2.75) is 50.5 Å². The lowest BCUT2D eigenvalue weighted by Crippen LogP contribution is -2.48. The Labute approximate surface area is 192 Å². The maximum absolute atomic E-state index is 12.4. The molecule has 1 aromatic carbocycles. The predicted molar refractivity (Wildman–Crippen MR) is 124 cm³/mol. The van der Waals surface area contributed by atoms with Gasteiger partial charge in [0.1, 0.15) is 18.1 Å². The summed E-state index contributed by atoms with van der Waals surface area (Å²) in [5, 5.41) is 24.6. The van der Waals surface area contributed by atoms with Crippen molar-refractivity contribution in [1.82, 2.24) is 10.2 Å². The van der Waals surface area contributed by atoms with Crippen LogP contribution >= 0.6 is 22.9 Å². The number of hydrogen-bond acceptors (Lipinski definition) is 7. The second-order valence-corrected chi connectivity index (χ2v) is 9.67. The fourth-order valence-corrected chi connectivity index (χ4v) is 4.99. The Morgan fingerprint density at radius 3 is 2.52 bits per heavy atom. The zero-order chi connectivity index (χ0) is 22.2. The summed E-state index contributed by atoms with van der Waals surface area (Å²) in [7, 11) is 1.59. The molecule has 8 heteroatoms. The molecule has 0 radical (unpaired) electrons. The first-order chi connectivity index (χ1) is 15.0. The quantitative estimate of drug-likeness (QED) is 0.325. The number of ketones is 1. The molecule has 0 aliphatic carbocycles. The Hall–Kier alpha value is -1.48. The first-order valence-electron chi connectivity index (χ1n) is 10.7. The number of carbonyl (C=O) groups excluding carboxylic acids is 1. The van der Waals surface area contributed by atoms with Gasteiger partial charge in [-0.3, -0.25) is 10.1 Å². The number of halogens is 1. The first-order valence-corrected chi connectivity index (χ1v) is 11.9. The predicted octanol–water partition coefficient (Wildman–Crippen LogP) is 3.87. The third-order valence-corrected chi connectivity index (χ3v) is 6.92. The molecule has 2 aromatic rings. The highest BCUT2D eigenvalue weighted by molar-refractivity contribution is 7.16. The molecule has 0 amide bonds. The summed E-state index contributed by atoms with van der Waals surface area (Å²) in [6.07, 6.45) is 2.08. The van der Waals surface area contributed by atoms with Crippen LogP contribution in [0.4, 0.5) is 0 Å². The third kappa shape index (κ3) is 7.27. The lowest BCUT2D eigenvalue weighted by atomic mass is 10.0. The number of hydrogen-bond donors (Lipinski definition) is 3. The molecule has 3 N–H and O–H groups in total. The van der Waals surface area contributed by atoms with E-state index < -0.39 is 12.3 Å². The molecule has 1 fully saturated rings. The minimum absolute atomic E-state index is 0.0386. The molecule has 31 heavy (non-hydrogen) atoms. The molecule has 1 aliphatic rings. The van der Waals surface area contributed by atoms with Gasteiger partial charge in [0, 0.05) is 23.4 Å². The van der Waals surface area contributed by atoms with Gasteiger partial charge in [0.05, 0.1) is 17.5 Å². The molecule has 0 saturated carbocycles. The van der Waals surface area contributed by atoms with Gasteiger partial charge in [0.15, 0.2) is 5.78 Å². The summed E-state index contributed by atoms with van der Waals surface area (Å²) in [4.78, 5) is 15.5. The van der Waals surface area contributed by atoms with Gasteiger partial charge in [-0.1, -0.05) is 11.6 Å². The molecule has 2 heterocycles. The second-order valence-electron chi connectivity index (χ2n) is 7.93. The van der Waals surface area contributed by atoms with Crippen LogP contribution in [-0.2, 0) is 0 Å². The van der Waals surface area contributed by atoms with E-state index in [0.717, 1.165) is 30.8 Å². The highest BCUT2D eigenvalue weighted by Crippen LogP contribution is 2.29. The number of nitrogens with one attached hydrogen (secondary N) is 1. The summed E-state index contributed by atoms with van der Waals surface area (Å²) in [5.41, 5.74) is 0.639. The number of Topliss-reactive ketones (excluding diaryl/α,β-unsaturated/α-hetero) is 1. The SMILES string of the molecule is COc1ccc(C(=O)CCCC(O)NC(CN2CCCC2)C(O)c2ccc(Cl)s2)cc1. The normalized spacial score (nSPS) is 17.4. The Balaban J connectivity index is 1.51. The number of likely N-dealkylation sites (tertiary alicyclic amines) is 1. The molecule has 1 aliphatic heterocycles. The number of methoxy groups -OCH3 is 1. The van der Waals surface area contributed by atoms with Crippen LogP contribution in [0.3, 0.4) is 0 Å². The molecule has 3 rings (SSSR count). The van der Waals surface area contributed by atoms with Gasteiger partial charge in [-0.25, -0.2) is 0 Å². The van der Waals surface area contributed by atoms with Crippen molar-refractivity contribution in [2.24, 2.45) is 0 Å². The molecule has 3 atom stereocenters. The molecule has 0 spiro atoms. The number of aliphatic hydroxyl groups excluding tert-OH is 2. The van der Waals surface area contributed by atoms with Crippen LogP contribution < -0.4 is 10.1 Å². The van der Waals surface area contributed by atoms with E-state index in [4.69, 9.17) is 16.3 Å². The van der Waals surface area contributed by atoms with Gasteiger partial charge in [0.25, 0.3) is 0 Å². The molecule has 3 unspecified atom stereocenters. The number of aliphatic hydroxyl groups is 2. The number of carbonyl (C=O) groups is 1. The second kappa shape index (κ2) is 11.9. The van der Waals surface area contributed by atoms with E-state index in [0.29, 0.717) is 41.5 Å².